The van der Waals surface area contributed by atoms with Crippen molar-refractivity contribution >= 4 is 11.3 Å². The monoisotopic (exact) mass is 273 g/mol. The molecule has 2 aromatic rings. The van der Waals surface area contributed by atoms with Crippen LogP contribution in [0.1, 0.15) is 26.9 Å². The molecule has 100 valence electrons. The highest BCUT2D eigenvalue weighted by molar-refractivity contribution is 7.12. The zero-order valence-electron chi connectivity index (χ0n) is 11.6. The van der Waals surface area contributed by atoms with E-state index in [9.17, 15) is 0 Å². The summed E-state index contributed by atoms with van der Waals surface area (Å²) in [5, 5.41) is 3.43. The molecule has 3 rings (SSSR count). The lowest BCUT2D eigenvalue weighted by Crippen LogP contribution is -2.32. The normalized spacial score (nSPS) is 19.0. The minimum absolute atomic E-state index is 0.194. The van der Waals surface area contributed by atoms with Crippen LogP contribution in [0.2, 0.25) is 0 Å². The standard InChI is InChI=1S/C16H19NOS/c1-10-8-11(2)19-16(10)15(17-3)14-9-12-6-4-5-7-13(12)18-14/h4-8,14-15,17H,9H2,1-3H3. The van der Waals surface area contributed by atoms with Crippen molar-refractivity contribution in [1.29, 1.82) is 0 Å². The fourth-order valence-electron chi connectivity index (χ4n) is 2.85. The zero-order valence-corrected chi connectivity index (χ0v) is 12.4. The first-order valence-electron chi connectivity index (χ1n) is 6.68. The van der Waals surface area contributed by atoms with Crippen LogP contribution in [0.4, 0.5) is 0 Å². The predicted octanol–water partition coefficient (Wildman–Crippen LogP) is 3.63. The number of para-hydroxylation sites is 1. The van der Waals surface area contributed by atoms with Gasteiger partial charge in [0.1, 0.15) is 11.9 Å². The Morgan fingerprint density at radius 1 is 1.32 bits per heavy atom. The summed E-state index contributed by atoms with van der Waals surface area (Å²) in [4.78, 5) is 2.76. The maximum atomic E-state index is 6.12. The average Bonchev–Trinajstić information content (AvgIpc) is 2.94. The number of likely N-dealkylation sites (N-methyl/N-ethyl adjacent to an activating group) is 1. The van der Waals surface area contributed by atoms with Crippen LogP contribution in [0.3, 0.4) is 0 Å². The van der Waals surface area contributed by atoms with E-state index in [-0.39, 0.29) is 12.1 Å². The molecule has 0 bridgehead atoms. The van der Waals surface area contributed by atoms with Crippen molar-refractivity contribution in [2.45, 2.75) is 32.4 Å². The third kappa shape index (κ3) is 2.28. The lowest BCUT2D eigenvalue weighted by Gasteiger charge is -2.22. The number of hydrogen-bond acceptors (Lipinski definition) is 3. The Kier molecular flexibility index (Phi) is 3.33. The van der Waals surface area contributed by atoms with Crippen LogP contribution in [0.15, 0.2) is 30.3 Å². The molecule has 0 saturated heterocycles. The Balaban J connectivity index is 1.88. The second-order valence-electron chi connectivity index (χ2n) is 5.14. The number of thiophene rings is 1. The molecular weight excluding hydrogens is 254 g/mol. The van der Waals surface area contributed by atoms with Gasteiger partial charge < -0.3 is 10.1 Å². The number of aryl methyl sites for hydroxylation is 2. The van der Waals surface area contributed by atoms with Crippen molar-refractivity contribution in [1.82, 2.24) is 5.32 Å². The van der Waals surface area contributed by atoms with E-state index >= 15 is 0 Å². The Labute approximate surface area is 118 Å². The van der Waals surface area contributed by atoms with Crippen LogP contribution >= 0.6 is 11.3 Å². The van der Waals surface area contributed by atoms with E-state index in [2.05, 4.69) is 43.4 Å². The van der Waals surface area contributed by atoms with Gasteiger partial charge in [0.2, 0.25) is 0 Å². The van der Waals surface area contributed by atoms with Crippen LogP contribution in [-0.4, -0.2) is 13.2 Å². The molecule has 3 heteroatoms. The van der Waals surface area contributed by atoms with E-state index in [0.29, 0.717) is 0 Å². The quantitative estimate of drug-likeness (QED) is 0.922. The summed E-state index contributed by atoms with van der Waals surface area (Å²) in [6.45, 7) is 4.35. The molecule has 2 unspecified atom stereocenters. The van der Waals surface area contributed by atoms with E-state index < -0.39 is 0 Å². The summed E-state index contributed by atoms with van der Waals surface area (Å²) >= 11 is 1.87. The number of ether oxygens (including phenoxy) is 1. The zero-order chi connectivity index (χ0) is 13.4. The SMILES string of the molecule is CNC(c1sc(C)cc1C)C1Cc2ccccc2O1. The molecule has 1 aromatic heterocycles. The lowest BCUT2D eigenvalue weighted by atomic mass is 10.0. The Bertz CT molecular complexity index is 565. The third-order valence-corrected chi connectivity index (χ3v) is 4.95. The largest absolute Gasteiger partial charge is 0.488 e. The molecule has 0 aliphatic carbocycles. The van der Waals surface area contributed by atoms with Crippen LogP contribution in [0, 0.1) is 13.8 Å². The minimum Gasteiger partial charge on any atom is -0.488 e. The van der Waals surface area contributed by atoms with Crippen LogP contribution in [0.25, 0.3) is 0 Å². The first-order valence-corrected chi connectivity index (χ1v) is 7.49. The molecule has 1 aromatic carbocycles. The van der Waals surface area contributed by atoms with Crippen molar-refractivity contribution in [3.63, 3.8) is 0 Å². The highest BCUT2D eigenvalue weighted by Gasteiger charge is 2.31. The summed E-state index contributed by atoms with van der Waals surface area (Å²) < 4.78 is 6.12. The molecule has 1 aliphatic heterocycles. The predicted molar refractivity (Wildman–Crippen MR) is 80.2 cm³/mol. The molecule has 2 atom stereocenters. The Morgan fingerprint density at radius 2 is 2.11 bits per heavy atom. The molecule has 0 saturated carbocycles. The molecule has 0 radical (unpaired) electrons. The molecule has 0 fully saturated rings. The fraction of sp³-hybridized carbons (Fsp3) is 0.375. The lowest BCUT2D eigenvalue weighted by molar-refractivity contribution is 0.185. The number of benzene rings is 1. The Morgan fingerprint density at radius 3 is 2.74 bits per heavy atom. The first kappa shape index (κ1) is 12.7. The van der Waals surface area contributed by atoms with E-state index in [1.807, 2.05) is 24.5 Å². The molecule has 0 amide bonds. The van der Waals surface area contributed by atoms with Crippen molar-refractivity contribution in [2.75, 3.05) is 7.05 Å². The average molecular weight is 273 g/mol. The van der Waals surface area contributed by atoms with Gasteiger partial charge in [-0.2, -0.15) is 0 Å². The van der Waals surface area contributed by atoms with Crippen molar-refractivity contribution in [3.8, 4) is 5.75 Å². The smallest absolute Gasteiger partial charge is 0.123 e. The van der Waals surface area contributed by atoms with Crippen LogP contribution in [-0.2, 0) is 6.42 Å². The van der Waals surface area contributed by atoms with Gasteiger partial charge in [-0.05, 0) is 44.2 Å². The molecule has 1 N–H and O–H groups in total. The molecular formula is C16H19NOS. The van der Waals surface area contributed by atoms with Crippen molar-refractivity contribution in [3.05, 3.63) is 51.2 Å². The van der Waals surface area contributed by atoms with Gasteiger partial charge in [-0.3, -0.25) is 0 Å². The first-order chi connectivity index (χ1) is 9.19. The van der Waals surface area contributed by atoms with E-state index in [0.717, 1.165) is 12.2 Å². The van der Waals surface area contributed by atoms with Gasteiger partial charge in [-0.1, -0.05) is 18.2 Å². The third-order valence-electron chi connectivity index (χ3n) is 3.72. The van der Waals surface area contributed by atoms with Crippen LogP contribution in [0.5, 0.6) is 5.75 Å². The topological polar surface area (TPSA) is 21.3 Å². The maximum absolute atomic E-state index is 6.12. The number of rotatable bonds is 3. The molecule has 0 spiro atoms. The van der Waals surface area contributed by atoms with Gasteiger partial charge in [0.15, 0.2) is 0 Å². The van der Waals surface area contributed by atoms with E-state index in [1.54, 1.807) is 0 Å². The van der Waals surface area contributed by atoms with Gasteiger partial charge in [0.25, 0.3) is 0 Å². The van der Waals surface area contributed by atoms with Crippen molar-refractivity contribution in [2.24, 2.45) is 0 Å². The second-order valence-corrected chi connectivity index (χ2v) is 6.43. The van der Waals surface area contributed by atoms with Gasteiger partial charge in [0.05, 0.1) is 6.04 Å². The van der Waals surface area contributed by atoms with E-state index in [4.69, 9.17) is 4.74 Å². The van der Waals surface area contributed by atoms with Gasteiger partial charge in [0, 0.05) is 16.2 Å². The molecule has 1 aliphatic rings. The number of hydrogen-bond donors (Lipinski definition) is 1. The van der Waals surface area contributed by atoms with E-state index in [1.165, 1.54) is 20.9 Å². The highest BCUT2D eigenvalue weighted by Crippen LogP contribution is 2.37. The van der Waals surface area contributed by atoms with Gasteiger partial charge in [-0.25, -0.2) is 0 Å². The van der Waals surface area contributed by atoms with Crippen molar-refractivity contribution < 1.29 is 4.74 Å². The minimum atomic E-state index is 0.194. The molecule has 19 heavy (non-hydrogen) atoms. The maximum Gasteiger partial charge on any atom is 0.123 e. The Hall–Kier alpha value is -1.32. The highest BCUT2D eigenvalue weighted by atomic mass is 32.1. The number of fused-ring (bicyclic) bond motifs is 1. The summed E-state index contributed by atoms with van der Waals surface area (Å²) in [6, 6.07) is 10.9. The summed E-state index contributed by atoms with van der Waals surface area (Å²) in [5.41, 5.74) is 2.68. The summed E-state index contributed by atoms with van der Waals surface area (Å²) in [6.07, 6.45) is 1.18. The fourth-order valence-corrected chi connectivity index (χ4v) is 4.05. The van der Waals surface area contributed by atoms with Gasteiger partial charge >= 0.3 is 0 Å². The van der Waals surface area contributed by atoms with Gasteiger partial charge in [-0.15, -0.1) is 11.3 Å². The molecule has 2 heterocycles. The second kappa shape index (κ2) is 4.99. The summed E-state index contributed by atoms with van der Waals surface area (Å²) in [7, 11) is 2.02. The molecule has 2 nitrogen and oxygen atoms in total. The van der Waals surface area contributed by atoms with Crippen LogP contribution < -0.4 is 10.1 Å². The summed E-state index contributed by atoms with van der Waals surface area (Å²) in [5.74, 6) is 1.04. The number of nitrogens with one attached hydrogen (secondary N) is 1.